The summed E-state index contributed by atoms with van der Waals surface area (Å²) >= 11 is 1.46. The third-order valence-corrected chi connectivity index (χ3v) is 4.76. The Morgan fingerprint density at radius 2 is 1.88 bits per heavy atom. The van der Waals surface area contributed by atoms with Gasteiger partial charge in [-0.2, -0.15) is 0 Å². The van der Waals surface area contributed by atoms with Gasteiger partial charge in [0.1, 0.15) is 11.5 Å². The highest BCUT2D eigenvalue weighted by Gasteiger charge is 2.11. The number of hydrogen-bond acceptors (Lipinski definition) is 5. The average molecular weight is 361 g/mol. The lowest BCUT2D eigenvalue weighted by molar-refractivity contribution is 0.102. The van der Waals surface area contributed by atoms with E-state index in [2.05, 4.69) is 15.3 Å². The predicted octanol–water partition coefficient (Wildman–Crippen LogP) is 5.04. The summed E-state index contributed by atoms with van der Waals surface area (Å²) in [6, 6.07) is 16.6. The topological polar surface area (TPSA) is 64.1 Å². The van der Waals surface area contributed by atoms with E-state index in [1.165, 1.54) is 11.3 Å². The van der Waals surface area contributed by atoms with Gasteiger partial charge in [-0.3, -0.25) is 15.1 Å². The first-order chi connectivity index (χ1) is 12.7. The first kappa shape index (κ1) is 16.2. The zero-order valence-corrected chi connectivity index (χ0v) is 14.8. The number of para-hydroxylation sites is 1. The first-order valence-electron chi connectivity index (χ1n) is 8.04. The zero-order valence-electron chi connectivity index (χ0n) is 14.0. The number of ether oxygens (including phenoxy) is 1. The fourth-order valence-electron chi connectivity index (χ4n) is 2.53. The summed E-state index contributed by atoms with van der Waals surface area (Å²) in [5.74, 6) is 1.09. The van der Waals surface area contributed by atoms with E-state index in [9.17, 15) is 4.79 Å². The number of carbonyl (C=O) groups is 1. The average Bonchev–Trinajstić information content (AvgIpc) is 3.07. The van der Waals surface area contributed by atoms with Gasteiger partial charge in [-0.05, 0) is 55.0 Å². The molecule has 2 heterocycles. The maximum absolute atomic E-state index is 12.5. The molecule has 0 bridgehead atoms. The van der Waals surface area contributed by atoms with E-state index < -0.39 is 0 Å². The minimum atomic E-state index is -0.199. The largest absolute Gasteiger partial charge is 0.456 e. The van der Waals surface area contributed by atoms with Crippen molar-refractivity contribution in [3.63, 3.8) is 0 Å². The number of carbonyl (C=O) groups excluding carboxylic acids is 1. The third kappa shape index (κ3) is 3.41. The second kappa shape index (κ2) is 6.93. The molecule has 2 aromatic carbocycles. The number of fused-ring (bicyclic) bond motifs is 1. The highest BCUT2D eigenvalue weighted by molar-refractivity contribution is 7.22. The molecule has 1 N–H and O–H groups in total. The Hall–Kier alpha value is -3.25. The molecular formula is C20H15N3O2S. The lowest BCUT2D eigenvalue weighted by Gasteiger charge is -2.06. The van der Waals surface area contributed by atoms with Gasteiger partial charge in [0.15, 0.2) is 5.13 Å². The molecule has 4 rings (SSSR count). The van der Waals surface area contributed by atoms with Gasteiger partial charge in [-0.1, -0.05) is 23.5 Å². The Labute approximate surface area is 154 Å². The van der Waals surface area contributed by atoms with Crippen LogP contribution in [0.2, 0.25) is 0 Å². The molecule has 6 heteroatoms. The highest BCUT2D eigenvalue weighted by Crippen LogP contribution is 2.28. The van der Waals surface area contributed by atoms with Crippen molar-refractivity contribution in [1.82, 2.24) is 9.97 Å². The fourth-order valence-corrected chi connectivity index (χ4v) is 3.47. The van der Waals surface area contributed by atoms with Crippen molar-refractivity contribution in [2.75, 3.05) is 5.32 Å². The van der Waals surface area contributed by atoms with Crippen LogP contribution in [0.3, 0.4) is 0 Å². The van der Waals surface area contributed by atoms with E-state index in [0.29, 0.717) is 22.2 Å². The molecular weight excluding hydrogens is 346 g/mol. The first-order valence-corrected chi connectivity index (χ1v) is 8.86. The van der Waals surface area contributed by atoms with Crippen LogP contribution in [0.5, 0.6) is 11.5 Å². The molecule has 1 amide bonds. The molecule has 26 heavy (non-hydrogen) atoms. The molecule has 2 aromatic heterocycles. The van der Waals surface area contributed by atoms with Gasteiger partial charge in [0.25, 0.3) is 5.91 Å². The molecule has 0 radical (unpaired) electrons. The summed E-state index contributed by atoms with van der Waals surface area (Å²) in [7, 11) is 0. The Bertz CT molecular complexity index is 1060. The van der Waals surface area contributed by atoms with Crippen LogP contribution in [0.1, 0.15) is 15.9 Å². The molecule has 0 unspecified atom stereocenters. The van der Waals surface area contributed by atoms with Crippen molar-refractivity contribution < 1.29 is 9.53 Å². The van der Waals surface area contributed by atoms with E-state index in [-0.39, 0.29) is 5.91 Å². The maximum atomic E-state index is 12.5. The number of aryl methyl sites for hydroxylation is 1. The van der Waals surface area contributed by atoms with Crippen LogP contribution >= 0.6 is 11.3 Å². The number of benzene rings is 2. The summed E-state index contributed by atoms with van der Waals surface area (Å²) in [4.78, 5) is 21.0. The van der Waals surface area contributed by atoms with Crippen LogP contribution in [0, 0.1) is 6.92 Å². The van der Waals surface area contributed by atoms with Crippen LogP contribution in [0.25, 0.3) is 10.2 Å². The minimum absolute atomic E-state index is 0.199. The van der Waals surface area contributed by atoms with Crippen LogP contribution in [0.15, 0.2) is 67.0 Å². The quantitative estimate of drug-likeness (QED) is 0.553. The van der Waals surface area contributed by atoms with Crippen molar-refractivity contribution in [3.8, 4) is 11.5 Å². The van der Waals surface area contributed by atoms with E-state index in [1.54, 1.807) is 42.7 Å². The standard InChI is InChI=1S/C20H15N3O2S/c1-13-4-2-6-17-18(13)22-20(26-17)23-19(24)14-7-9-15(10-8-14)25-16-5-3-11-21-12-16/h2-12H,1H3,(H,22,23,24). The zero-order chi connectivity index (χ0) is 17.9. The summed E-state index contributed by atoms with van der Waals surface area (Å²) in [5, 5.41) is 3.45. The molecule has 0 aliphatic heterocycles. The Kier molecular flexibility index (Phi) is 4.33. The van der Waals surface area contributed by atoms with Crippen LogP contribution < -0.4 is 10.1 Å². The minimum Gasteiger partial charge on any atom is -0.456 e. The second-order valence-corrected chi connectivity index (χ2v) is 6.74. The van der Waals surface area contributed by atoms with Crippen LogP contribution in [-0.4, -0.2) is 15.9 Å². The SMILES string of the molecule is Cc1cccc2sc(NC(=O)c3ccc(Oc4cccnc4)cc3)nc12. The van der Waals surface area contributed by atoms with Crippen LogP contribution in [0.4, 0.5) is 5.13 Å². The Morgan fingerprint density at radius 1 is 1.04 bits per heavy atom. The van der Waals surface area contributed by atoms with Crippen molar-refractivity contribution in [2.24, 2.45) is 0 Å². The molecule has 0 saturated carbocycles. The maximum Gasteiger partial charge on any atom is 0.257 e. The van der Waals surface area contributed by atoms with Crippen molar-refractivity contribution in [3.05, 3.63) is 78.1 Å². The van der Waals surface area contributed by atoms with E-state index in [4.69, 9.17) is 4.74 Å². The molecule has 0 spiro atoms. The fraction of sp³-hybridized carbons (Fsp3) is 0.0500. The number of nitrogens with zero attached hydrogens (tertiary/aromatic N) is 2. The van der Waals surface area contributed by atoms with E-state index in [0.717, 1.165) is 15.8 Å². The number of amides is 1. The number of pyridine rings is 1. The number of anilines is 1. The van der Waals surface area contributed by atoms with Gasteiger partial charge < -0.3 is 4.74 Å². The van der Waals surface area contributed by atoms with Crippen LogP contribution in [-0.2, 0) is 0 Å². The number of thiazole rings is 1. The summed E-state index contributed by atoms with van der Waals surface area (Å²) < 4.78 is 6.74. The van der Waals surface area contributed by atoms with E-state index in [1.807, 2.05) is 31.2 Å². The molecule has 0 atom stereocenters. The monoisotopic (exact) mass is 361 g/mol. The molecule has 0 aliphatic carbocycles. The number of aromatic nitrogens is 2. The number of nitrogens with one attached hydrogen (secondary N) is 1. The van der Waals surface area contributed by atoms with Crippen molar-refractivity contribution in [2.45, 2.75) is 6.92 Å². The second-order valence-electron chi connectivity index (χ2n) is 5.71. The highest BCUT2D eigenvalue weighted by atomic mass is 32.1. The van der Waals surface area contributed by atoms with Gasteiger partial charge in [-0.25, -0.2) is 4.98 Å². The Morgan fingerprint density at radius 3 is 2.62 bits per heavy atom. The number of rotatable bonds is 4. The van der Waals surface area contributed by atoms with Gasteiger partial charge in [0.05, 0.1) is 16.4 Å². The van der Waals surface area contributed by atoms with Crippen molar-refractivity contribution >= 4 is 32.6 Å². The van der Waals surface area contributed by atoms with Gasteiger partial charge >= 0.3 is 0 Å². The summed E-state index contributed by atoms with van der Waals surface area (Å²) in [6.45, 7) is 2.01. The molecule has 5 nitrogen and oxygen atoms in total. The van der Waals surface area contributed by atoms with Crippen molar-refractivity contribution in [1.29, 1.82) is 0 Å². The lowest BCUT2D eigenvalue weighted by Crippen LogP contribution is -2.11. The number of hydrogen-bond donors (Lipinski definition) is 1. The molecule has 128 valence electrons. The molecule has 0 fully saturated rings. The summed E-state index contributed by atoms with van der Waals surface area (Å²) in [5.41, 5.74) is 2.56. The smallest absolute Gasteiger partial charge is 0.257 e. The van der Waals surface area contributed by atoms with Gasteiger partial charge in [-0.15, -0.1) is 0 Å². The predicted molar refractivity (Wildman–Crippen MR) is 103 cm³/mol. The van der Waals surface area contributed by atoms with Gasteiger partial charge in [0, 0.05) is 11.8 Å². The Balaban J connectivity index is 1.48. The summed E-state index contributed by atoms with van der Waals surface area (Å²) in [6.07, 6.45) is 3.32. The van der Waals surface area contributed by atoms with Gasteiger partial charge in [0.2, 0.25) is 0 Å². The molecule has 0 saturated heterocycles. The normalized spacial score (nSPS) is 10.7. The third-order valence-electron chi connectivity index (χ3n) is 3.83. The molecule has 0 aliphatic rings. The van der Waals surface area contributed by atoms with E-state index >= 15 is 0 Å². The molecule has 4 aromatic rings. The lowest BCUT2D eigenvalue weighted by atomic mass is 10.2.